The third kappa shape index (κ3) is 2.65. The maximum absolute atomic E-state index is 12.0. The van der Waals surface area contributed by atoms with Gasteiger partial charge in [0.2, 0.25) is 0 Å². The molecule has 2 rings (SSSR count). The van der Waals surface area contributed by atoms with Gasteiger partial charge in [0.05, 0.1) is 31.9 Å². The van der Waals surface area contributed by atoms with Gasteiger partial charge in [-0.15, -0.1) is 0 Å². The fourth-order valence-electron chi connectivity index (χ4n) is 2.17. The molecule has 92 valence electrons. The molecule has 0 saturated carbocycles. The van der Waals surface area contributed by atoms with E-state index in [4.69, 9.17) is 9.47 Å². The molecule has 2 fully saturated rings. The van der Waals surface area contributed by atoms with Crippen LogP contribution in [0.3, 0.4) is 0 Å². The summed E-state index contributed by atoms with van der Waals surface area (Å²) in [5, 5.41) is 3.02. The van der Waals surface area contributed by atoms with Crippen molar-refractivity contribution in [3.05, 3.63) is 0 Å². The Morgan fingerprint density at radius 2 is 2.19 bits per heavy atom. The quantitative estimate of drug-likeness (QED) is 0.753. The SMILES string of the molecule is CCC1COCCN1C(=O)NC1CCOC1. The Labute approximate surface area is 96.1 Å². The molecule has 16 heavy (non-hydrogen) atoms. The van der Waals surface area contributed by atoms with Crippen LogP contribution in [0.25, 0.3) is 0 Å². The normalized spacial score (nSPS) is 30.4. The van der Waals surface area contributed by atoms with Crippen LogP contribution >= 0.6 is 0 Å². The summed E-state index contributed by atoms with van der Waals surface area (Å²) in [6.07, 6.45) is 1.86. The van der Waals surface area contributed by atoms with E-state index in [0.29, 0.717) is 26.4 Å². The average Bonchev–Trinajstić information content (AvgIpc) is 2.81. The number of nitrogens with zero attached hydrogens (tertiary/aromatic N) is 1. The Balaban J connectivity index is 1.86. The van der Waals surface area contributed by atoms with Crippen LogP contribution in [0.4, 0.5) is 4.79 Å². The minimum absolute atomic E-state index is 0.0330. The smallest absolute Gasteiger partial charge is 0.318 e. The number of nitrogens with one attached hydrogen (secondary N) is 1. The van der Waals surface area contributed by atoms with Crippen LogP contribution in [-0.2, 0) is 9.47 Å². The minimum Gasteiger partial charge on any atom is -0.379 e. The Kier molecular flexibility index (Phi) is 4.01. The van der Waals surface area contributed by atoms with E-state index in [1.54, 1.807) is 0 Å². The molecular weight excluding hydrogens is 208 g/mol. The summed E-state index contributed by atoms with van der Waals surface area (Å²) < 4.78 is 10.6. The van der Waals surface area contributed by atoms with Gasteiger partial charge in [0.15, 0.2) is 0 Å². The third-order valence-electron chi connectivity index (χ3n) is 3.22. The summed E-state index contributed by atoms with van der Waals surface area (Å²) in [6.45, 7) is 5.48. The van der Waals surface area contributed by atoms with Crippen molar-refractivity contribution in [2.45, 2.75) is 31.8 Å². The molecule has 5 nitrogen and oxygen atoms in total. The van der Waals surface area contributed by atoms with Crippen LogP contribution in [0.5, 0.6) is 0 Å². The van der Waals surface area contributed by atoms with Gasteiger partial charge in [-0.2, -0.15) is 0 Å². The third-order valence-corrected chi connectivity index (χ3v) is 3.22. The van der Waals surface area contributed by atoms with E-state index >= 15 is 0 Å². The molecule has 2 saturated heterocycles. The number of hydrogen-bond donors (Lipinski definition) is 1. The van der Waals surface area contributed by atoms with Crippen molar-refractivity contribution >= 4 is 6.03 Å². The van der Waals surface area contributed by atoms with E-state index in [1.807, 2.05) is 4.90 Å². The molecule has 2 aliphatic rings. The Hall–Kier alpha value is -0.810. The van der Waals surface area contributed by atoms with E-state index in [9.17, 15) is 4.79 Å². The molecule has 0 aromatic heterocycles. The molecule has 0 radical (unpaired) electrons. The summed E-state index contributed by atoms with van der Waals surface area (Å²) in [6, 6.07) is 0.439. The first kappa shape index (κ1) is 11.7. The number of ether oxygens (including phenoxy) is 2. The maximum Gasteiger partial charge on any atom is 0.318 e. The lowest BCUT2D eigenvalue weighted by atomic mass is 10.2. The van der Waals surface area contributed by atoms with Gasteiger partial charge in [-0.3, -0.25) is 0 Å². The fourth-order valence-corrected chi connectivity index (χ4v) is 2.17. The molecule has 0 bridgehead atoms. The van der Waals surface area contributed by atoms with Crippen molar-refractivity contribution in [3.8, 4) is 0 Å². The molecule has 0 aromatic rings. The van der Waals surface area contributed by atoms with E-state index in [0.717, 1.165) is 19.4 Å². The molecule has 0 spiro atoms. The van der Waals surface area contributed by atoms with Gasteiger partial charge in [-0.25, -0.2) is 4.79 Å². The lowest BCUT2D eigenvalue weighted by molar-refractivity contribution is 0.0106. The van der Waals surface area contributed by atoms with Crippen molar-refractivity contribution in [3.63, 3.8) is 0 Å². The van der Waals surface area contributed by atoms with E-state index in [-0.39, 0.29) is 18.1 Å². The largest absolute Gasteiger partial charge is 0.379 e. The Bertz CT molecular complexity index is 241. The first-order valence-electron chi connectivity index (χ1n) is 6.04. The zero-order chi connectivity index (χ0) is 11.4. The lowest BCUT2D eigenvalue weighted by Crippen LogP contribution is -2.54. The molecule has 2 atom stereocenters. The Morgan fingerprint density at radius 3 is 2.88 bits per heavy atom. The molecule has 2 unspecified atom stereocenters. The van der Waals surface area contributed by atoms with E-state index < -0.39 is 0 Å². The van der Waals surface area contributed by atoms with Crippen molar-refractivity contribution in [2.24, 2.45) is 0 Å². The summed E-state index contributed by atoms with van der Waals surface area (Å²) >= 11 is 0. The van der Waals surface area contributed by atoms with Crippen molar-refractivity contribution in [1.82, 2.24) is 10.2 Å². The highest BCUT2D eigenvalue weighted by atomic mass is 16.5. The number of amides is 2. The number of rotatable bonds is 2. The zero-order valence-electron chi connectivity index (χ0n) is 9.78. The van der Waals surface area contributed by atoms with Crippen molar-refractivity contribution in [2.75, 3.05) is 33.0 Å². The average molecular weight is 228 g/mol. The molecule has 0 aliphatic carbocycles. The zero-order valence-corrected chi connectivity index (χ0v) is 9.78. The van der Waals surface area contributed by atoms with Gasteiger partial charge in [0.1, 0.15) is 0 Å². The highest BCUT2D eigenvalue weighted by Crippen LogP contribution is 2.11. The second kappa shape index (κ2) is 5.50. The van der Waals surface area contributed by atoms with Crippen LogP contribution in [0.2, 0.25) is 0 Å². The van der Waals surface area contributed by atoms with Crippen LogP contribution in [-0.4, -0.2) is 56.0 Å². The predicted octanol–water partition coefficient (Wildman–Crippen LogP) is 0.596. The monoisotopic (exact) mass is 228 g/mol. The maximum atomic E-state index is 12.0. The first-order chi connectivity index (χ1) is 7.81. The standard InChI is InChI=1S/C11H20N2O3/c1-2-10-8-16-6-4-13(10)11(14)12-9-3-5-15-7-9/h9-10H,2-8H2,1H3,(H,12,14). The highest BCUT2D eigenvalue weighted by molar-refractivity contribution is 5.75. The molecule has 2 amide bonds. The lowest BCUT2D eigenvalue weighted by Gasteiger charge is -2.35. The van der Waals surface area contributed by atoms with Crippen molar-refractivity contribution < 1.29 is 14.3 Å². The summed E-state index contributed by atoms with van der Waals surface area (Å²) in [4.78, 5) is 13.9. The van der Waals surface area contributed by atoms with Gasteiger partial charge in [0, 0.05) is 13.2 Å². The predicted molar refractivity (Wildman–Crippen MR) is 59.4 cm³/mol. The molecule has 1 N–H and O–H groups in total. The minimum atomic E-state index is 0.0330. The topological polar surface area (TPSA) is 50.8 Å². The second-order valence-corrected chi connectivity index (χ2v) is 4.34. The molecule has 2 aliphatic heterocycles. The number of hydrogen-bond acceptors (Lipinski definition) is 3. The van der Waals surface area contributed by atoms with Gasteiger partial charge in [-0.1, -0.05) is 6.92 Å². The molecule has 2 heterocycles. The summed E-state index contributed by atoms with van der Waals surface area (Å²) in [5.41, 5.74) is 0. The van der Waals surface area contributed by atoms with Gasteiger partial charge < -0.3 is 19.7 Å². The van der Waals surface area contributed by atoms with Crippen LogP contribution in [0.15, 0.2) is 0 Å². The number of morpholine rings is 1. The van der Waals surface area contributed by atoms with E-state index in [2.05, 4.69) is 12.2 Å². The van der Waals surface area contributed by atoms with Crippen LogP contribution in [0.1, 0.15) is 19.8 Å². The molecule has 0 aromatic carbocycles. The second-order valence-electron chi connectivity index (χ2n) is 4.34. The van der Waals surface area contributed by atoms with Crippen LogP contribution < -0.4 is 5.32 Å². The van der Waals surface area contributed by atoms with Gasteiger partial charge in [0.25, 0.3) is 0 Å². The summed E-state index contributed by atoms with van der Waals surface area (Å²) in [7, 11) is 0. The number of urea groups is 1. The fraction of sp³-hybridized carbons (Fsp3) is 0.909. The van der Waals surface area contributed by atoms with Crippen LogP contribution in [0, 0.1) is 0 Å². The van der Waals surface area contributed by atoms with Gasteiger partial charge in [-0.05, 0) is 12.8 Å². The van der Waals surface area contributed by atoms with Gasteiger partial charge >= 0.3 is 6.03 Å². The number of carbonyl (C=O) groups is 1. The van der Waals surface area contributed by atoms with E-state index in [1.165, 1.54) is 0 Å². The first-order valence-corrected chi connectivity index (χ1v) is 6.04. The molecule has 5 heteroatoms. The summed E-state index contributed by atoms with van der Waals surface area (Å²) in [5.74, 6) is 0. The molecular formula is C11H20N2O3. The number of carbonyl (C=O) groups excluding carboxylic acids is 1. The van der Waals surface area contributed by atoms with Crippen molar-refractivity contribution in [1.29, 1.82) is 0 Å². The Morgan fingerprint density at radius 1 is 1.38 bits per heavy atom. The highest BCUT2D eigenvalue weighted by Gasteiger charge is 2.28.